The molecule has 0 saturated heterocycles. The molecular weight excluding hydrogens is 534 g/mol. The van der Waals surface area contributed by atoms with Crippen molar-refractivity contribution in [1.29, 1.82) is 0 Å². The normalized spacial score (nSPS) is 11.1. The van der Waals surface area contributed by atoms with Gasteiger partial charge in [-0.05, 0) is 82.4 Å². The number of unbranched alkanes of at least 4 members (excludes halogenated alkanes) is 3. The Hall–Kier alpha value is -4.30. The summed E-state index contributed by atoms with van der Waals surface area (Å²) in [6.07, 6.45) is 9.04. The number of pyridine rings is 1. The number of ether oxygens (including phenoxy) is 2. The third-order valence-corrected chi connectivity index (χ3v) is 7.02. The summed E-state index contributed by atoms with van der Waals surface area (Å²) in [6.45, 7) is 6.99. The largest absolute Gasteiger partial charge is 0.508 e. The monoisotopic (exact) mass is 575 g/mol. The van der Waals surface area contributed by atoms with Gasteiger partial charge < -0.3 is 29.4 Å². The highest BCUT2D eigenvalue weighted by molar-refractivity contribution is 6.09. The number of phenolic OH excluding ortho intramolecular Hbond substituents is 2. The van der Waals surface area contributed by atoms with E-state index in [0.717, 1.165) is 48.3 Å². The SMILES string of the molecule is CC(C)=CCc1c(O)ccc(C(=O)/C=C/c2ccc(OCCCCCCOCc3c(O)c(=O)cc(C)n3C)cc2)c1O. The van der Waals surface area contributed by atoms with Crippen molar-refractivity contribution in [3.63, 3.8) is 0 Å². The highest BCUT2D eigenvalue weighted by atomic mass is 16.5. The van der Waals surface area contributed by atoms with Gasteiger partial charge in [0.1, 0.15) is 17.2 Å². The fraction of sp³-hybridized carbons (Fsp3) is 0.353. The van der Waals surface area contributed by atoms with E-state index in [1.54, 1.807) is 17.7 Å². The maximum atomic E-state index is 12.7. The van der Waals surface area contributed by atoms with E-state index in [1.165, 1.54) is 24.3 Å². The minimum Gasteiger partial charge on any atom is -0.508 e. The Morgan fingerprint density at radius 3 is 2.31 bits per heavy atom. The van der Waals surface area contributed by atoms with Gasteiger partial charge in [-0.25, -0.2) is 0 Å². The number of benzene rings is 2. The van der Waals surface area contributed by atoms with Gasteiger partial charge in [-0.15, -0.1) is 0 Å². The van der Waals surface area contributed by atoms with Crippen LogP contribution in [0.4, 0.5) is 0 Å². The number of aromatic nitrogens is 1. The van der Waals surface area contributed by atoms with Crippen LogP contribution in [0.25, 0.3) is 6.08 Å². The Morgan fingerprint density at radius 2 is 1.62 bits per heavy atom. The van der Waals surface area contributed by atoms with Gasteiger partial charge in [-0.1, -0.05) is 36.3 Å². The topological polar surface area (TPSA) is 118 Å². The summed E-state index contributed by atoms with van der Waals surface area (Å²) >= 11 is 0. The van der Waals surface area contributed by atoms with Crippen molar-refractivity contribution in [1.82, 2.24) is 4.57 Å². The van der Waals surface area contributed by atoms with Crippen LogP contribution in [0.5, 0.6) is 23.0 Å². The molecule has 8 nitrogen and oxygen atoms in total. The first-order valence-corrected chi connectivity index (χ1v) is 14.2. The number of aromatic hydroxyl groups is 3. The lowest BCUT2D eigenvalue weighted by molar-refractivity contribution is 0.104. The molecule has 0 radical (unpaired) electrons. The number of carbonyl (C=O) groups is 1. The lowest BCUT2D eigenvalue weighted by Gasteiger charge is -2.13. The average molecular weight is 576 g/mol. The molecule has 0 amide bonds. The zero-order valence-corrected chi connectivity index (χ0v) is 24.9. The summed E-state index contributed by atoms with van der Waals surface area (Å²) < 4.78 is 13.3. The van der Waals surface area contributed by atoms with Gasteiger partial charge >= 0.3 is 0 Å². The molecule has 0 aliphatic heterocycles. The third-order valence-electron chi connectivity index (χ3n) is 7.02. The summed E-state index contributed by atoms with van der Waals surface area (Å²) in [7, 11) is 1.80. The quantitative estimate of drug-likeness (QED) is 0.0834. The zero-order valence-electron chi connectivity index (χ0n) is 24.9. The van der Waals surface area contributed by atoms with Gasteiger partial charge in [0.2, 0.25) is 5.43 Å². The lowest BCUT2D eigenvalue weighted by atomic mass is 10.0. The zero-order chi connectivity index (χ0) is 30.6. The molecule has 0 spiro atoms. The molecule has 1 aromatic heterocycles. The minimum absolute atomic E-state index is 0.0408. The number of hydrogen-bond donors (Lipinski definition) is 3. The smallest absolute Gasteiger partial charge is 0.223 e. The summed E-state index contributed by atoms with van der Waals surface area (Å²) in [5.41, 5.74) is 3.22. The Balaban J connectivity index is 1.37. The highest BCUT2D eigenvalue weighted by Crippen LogP contribution is 2.32. The van der Waals surface area contributed by atoms with Crippen molar-refractivity contribution in [2.45, 2.75) is 59.5 Å². The average Bonchev–Trinajstić information content (AvgIpc) is 2.96. The molecule has 42 heavy (non-hydrogen) atoms. The predicted molar refractivity (Wildman–Crippen MR) is 164 cm³/mol. The number of rotatable bonds is 15. The Kier molecular flexibility index (Phi) is 12.0. The third kappa shape index (κ3) is 9.11. The fourth-order valence-corrected chi connectivity index (χ4v) is 4.32. The molecule has 224 valence electrons. The van der Waals surface area contributed by atoms with Crippen LogP contribution in [0.2, 0.25) is 0 Å². The second-order valence-corrected chi connectivity index (χ2v) is 10.5. The molecule has 0 saturated carbocycles. The first kappa shape index (κ1) is 32.2. The van der Waals surface area contributed by atoms with E-state index in [2.05, 4.69) is 0 Å². The molecular formula is C34H41NO7. The van der Waals surface area contributed by atoms with Crippen molar-refractivity contribution in [3.05, 3.63) is 98.5 Å². The Labute approximate surface area is 247 Å². The van der Waals surface area contributed by atoms with Crippen LogP contribution >= 0.6 is 0 Å². The van der Waals surface area contributed by atoms with Crippen LogP contribution in [0.15, 0.2) is 65.0 Å². The van der Waals surface area contributed by atoms with E-state index >= 15 is 0 Å². The molecule has 0 fully saturated rings. The van der Waals surface area contributed by atoms with E-state index in [9.17, 15) is 24.9 Å². The maximum absolute atomic E-state index is 12.7. The summed E-state index contributed by atoms with van der Waals surface area (Å²) in [4.78, 5) is 24.5. The first-order chi connectivity index (χ1) is 20.1. The van der Waals surface area contributed by atoms with Crippen LogP contribution in [0.3, 0.4) is 0 Å². The Bertz CT molecular complexity index is 1480. The van der Waals surface area contributed by atoms with Crippen molar-refractivity contribution in [2.75, 3.05) is 13.2 Å². The summed E-state index contributed by atoms with van der Waals surface area (Å²) in [5, 5.41) is 30.6. The van der Waals surface area contributed by atoms with Gasteiger partial charge in [0, 0.05) is 31.0 Å². The molecule has 0 bridgehead atoms. The van der Waals surface area contributed by atoms with Crippen LogP contribution < -0.4 is 10.2 Å². The number of ketones is 1. The van der Waals surface area contributed by atoms with Gasteiger partial charge in [0.15, 0.2) is 11.5 Å². The molecule has 2 aromatic carbocycles. The number of hydrogen-bond acceptors (Lipinski definition) is 7. The molecule has 0 aliphatic carbocycles. The van der Waals surface area contributed by atoms with Gasteiger partial charge in [0.05, 0.1) is 24.5 Å². The van der Waals surface area contributed by atoms with E-state index < -0.39 is 0 Å². The summed E-state index contributed by atoms with van der Waals surface area (Å²) in [5.74, 6) is -0.104. The van der Waals surface area contributed by atoms with Gasteiger partial charge in [0.25, 0.3) is 0 Å². The minimum atomic E-state index is -0.387. The molecule has 3 N–H and O–H groups in total. The highest BCUT2D eigenvalue weighted by Gasteiger charge is 2.15. The van der Waals surface area contributed by atoms with E-state index in [4.69, 9.17) is 9.47 Å². The number of nitrogens with zero attached hydrogens (tertiary/aromatic N) is 1. The van der Waals surface area contributed by atoms with Crippen LogP contribution in [-0.2, 0) is 24.8 Å². The molecule has 0 unspecified atom stereocenters. The van der Waals surface area contributed by atoms with E-state index in [-0.39, 0.29) is 40.6 Å². The van der Waals surface area contributed by atoms with Gasteiger partial charge in [-0.3, -0.25) is 9.59 Å². The van der Waals surface area contributed by atoms with Crippen LogP contribution in [-0.4, -0.2) is 38.9 Å². The maximum Gasteiger partial charge on any atom is 0.223 e. The fourth-order valence-electron chi connectivity index (χ4n) is 4.32. The number of aryl methyl sites for hydroxylation is 1. The molecule has 8 heteroatoms. The number of allylic oxidation sites excluding steroid dienone is 3. The van der Waals surface area contributed by atoms with Gasteiger partial charge in [-0.2, -0.15) is 0 Å². The molecule has 3 rings (SSSR count). The summed E-state index contributed by atoms with van der Waals surface area (Å²) in [6, 6.07) is 11.7. The van der Waals surface area contributed by atoms with Crippen LogP contribution in [0.1, 0.15) is 72.4 Å². The molecule has 0 atom stereocenters. The molecule has 0 aliphatic rings. The van der Waals surface area contributed by atoms with E-state index in [0.29, 0.717) is 30.9 Å². The van der Waals surface area contributed by atoms with Crippen molar-refractivity contribution >= 4 is 11.9 Å². The predicted octanol–water partition coefficient (Wildman–Crippen LogP) is 6.37. The standard InChI is InChI=1S/C34H41NO7/c1-23(2)9-15-27-31(37)18-16-28(33(27)39)30(36)17-12-25-10-13-26(14-11-25)42-20-8-6-5-7-19-41-22-29-34(40)32(38)21-24(3)35(29)4/h9-14,16-18,21,37,39-40H,5-8,15,19-20,22H2,1-4H3/b17-12+. The lowest BCUT2D eigenvalue weighted by Crippen LogP contribution is -2.14. The second-order valence-electron chi connectivity index (χ2n) is 10.5. The van der Waals surface area contributed by atoms with Crippen LogP contribution in [0, 0.1) is 6.92 Å². The van der Waals surface area contributed by atoms with E-state index in [1.807, 2.05) is 51.1 Å². The molecule has 1 heterocycles. The number of carbonyl (C=O) groups excluding carboxylic acids is 1. The first-order valence-electron chi connectivity index (χ1n) is 14.2. The Morgan fingerprint density at radius 1 is 0.929 bits per heavy atom. The van der Waals surface area contributed by atoms with Crippen molar-refractivity contribution in [3.8, 4) is 23.0 Å². The van der Waals surface area contributed by atoms with Crippen molar-refractivity contribution in [2.24, 2.45) is 7.05 Å². The second kappa shape index (κ2) is 15.6. The number of phenols is 2. The molecule has 3 aromatic rings. The van der Waals surface area contributed by atoms with Crippen molar-refractivity contribution < 1.29 is 29.6 Å².